The monoisotopic (exact) mass is 332 g/mol. The van der Waals surface area contributed by atoms with Crippen LogP contribution in [0.3, 0.4) is 0 Å². The Bertz CT molecular complexity index is 672. The summed E-state index contributed by atoms with van der Waals surface area (Å²) in [6.45, 7) is 2.90. The van der Waals surface area contributed by atoms with Crippen molar-refractivity contribution in [2.75, 3.05) is 20.7 Å². The molecule has 2 aromatic rings. The summed E-state index contributed by atoms with van der Waals surface area (Å²) in [5.41, 5.74) is 1.89. The second kappa shape index (κ2) is 8.44. The van der Waals surface area contributed by atoms with Crippen molar-refractivity contribution < 1.29 is 9.47 Å². The standard InChI is InChI=1S/C18H21ClN2O2/c1-4-22-18-11-14(12-20-21(2)3)9-10-17(18)23-13-15-7-5-6-8-16(15)19/h5-12H,4,13H2,1-3H3/b20-12+. The third kappa shape index (κ3) is 5.18. The second-order valence-electron chi connectivity index (χ2n) is 5.11. The van der Waals surface area contributed by atoms with Gasteiger partial charge in [0, 0.05) is 24.7 Å². The maximum absolute atomic E-state index is 6.15. The molecule has 0 heterocycles. The van der Waals surface area contributed by atoms with Crippen LogP contribution in [0.4, 0.5) is 0 Å². The van der Waals surface area contributed by atoms with Gasteiger partial charge in [-0.3, -0.25) is 0 Å². The highest BCUT2D eigenvalue weighted by atomic mass is 35.5. The normalized spacial score (nSPS) is 10.8. The molecular weight excluding hydrogens is 312 g/mol. The summed E-state index contributed by atoms with van der Waals surface area (Å²) >= 11 is 6.15. The summed E-state index contributed by atoms with van der Waals surface area (Å²) in [6.07, 6.45) is 1.78. The first-order valence-electron chi connectivity index (χ1n) is 7.44. The molecule has 0 N–H and O–H groups in total. The van der Waals surface area contributed by atoms with Crippen LogP contribution in [0.15, 0.2) is 47.6 Å². The van der Waals surface area contributed by atoms with E-state index in [1.54, 1.807) is 11.2 Å². The fraction of sp³-hybridized carbons (Fsp3) is 0.278. The third-order valence-corrected chi connectivity index (χ3v) is 3.42. The molecule has 5 heteroatoms. The molecule has 2 rings (SSSR count). The van der Waals surface area contributed by atoms with Gasteiger partial charge in [-0.05, 0) is 36.8 Å². The topological polar surface area (TPSA) is 34.1 Å². The first-order valence-corrected chi connectivity index (χ1v) is 7.82. The molecule has 0 bridgehead atoms. The Morgan fingerprint density at radius 2 is 1.87 bits per heavy atom. The highest BCUT2D eigenvalue weighted by Gasteiger charge is 2.07. The highest BCUT2D eigenvalue weighted by Crippen LogP contribution is 2.29. The lowest BCUT2D eigenvalue weighted by molar-refractivity contribution is 0.269. The van der Waals surface area contributed by atoms with Crippen molar-refractivity contribution >= 4 is 17.8 Å². The smallest absolute Gasteiger partial charge is 0.161 e. The minimum atomic E-state index is 0.394. The first kappa shape index (κ1) is 17.2. The van der Waals surface area contributed by atoms with Gasteiger partial charge in [-0.25, -0.2) is 0 Å². The zero-order valence-corrected chi connectivity index (χ0v) is 14.4. The van der Waals surface area contributed by atoms with E-state index in [1.165, 1.54) is 0 Å². The summed E-state index contributed by atoms with van der Waals surface area (Å²) in [5, 5.41) is 6.66. The van der Waals surface area contributed by atoms with Gasteiger partial charge in [-0.2, -0.15) is 5.10 Å². The Hall–Kier alpha value is -2.20. The molecule has 23 heavy (non-hydrogen) atoms. The summed E-state index contributed by atoms with van der Waals surface area (Å²) < 4.78 is 11.5. The predicted octanol–water partition coefficient (Wildman–Crippen LogP) is 4.21. The molecule has 0 aliphatic carbocycles. The first-order chi connectivity index (χ1) is 11.1. The Labute approximate surface area is 142 Å². The number of hydrazone groups is 1. The van der Waals surface area contributed by atoms with Crippen molar-refractivity contribution in [2.45, 2.75) is 13.5 Å². The molecule has 0 atom stereocenters. The van der Waals surface area contributed by atoms with Gasteiger partial charge in [0.1, 0.15) is 6.61 Å². The molecule has 0 unspecified atom stereocenters. The maximum atomic E-state index is 6.15. The Morgan fingerprint density at radius 1 is 1.09 bits per heavy atom. The quantitative estimate of drug-likeness (QED) is 0.562. The van der Waals surface area contributed by atoms with E-state index in [0.717, 1.165) is 11.1 Å². The van der Waals surface area contributed by atoms with Gasteiger partial charge in [0.05, 0.1) is 12.8 Å². The molecule has 2 aromatic carbocycles. The van der Waals surface area contributed by atoms with Crippen molar-refractivity contribution in [3.63, 3.8) is 0 Å². The molecular formula is C18H21ClN2O2. The van der Waals surface area contributed by atoms with E-state index >= 15 is 0 Å². The Balaban J connectivity index is 2.15. The fourth-order valence-corrected chi connectivity index (χ4v) is 2.14. The molecule has 0 radical (unpaired) electrons. The van der Waals surface area contributed by atoms with Crippen LogP contribution in [0.2, 0.25) is 5.02 Å². The van der Waals surface area contributed by atoms with Gasteiger partial charge < -0.3 is 14.5 Å². The van der Waals surface area contributed by atoms with Crippen LogP contribution in [0, 0.1) is 0 Å². The summed E-state index contributed by atoms with van der Waals surface area (Å²) in [5.74, 6) is 1.39. The van der Waals surface area contributed by atoms with Crippen LogP contribution in [-0.2, 0) is 6.61 Å². The van der Waals surface area contributed by atoms with Crippen LogP contribution in [0.25, 0.3) is 0 Å². The maximum Gasteiger partial charge on any atom is 0.161 e. The number of halogens is 1. The van der Waals surface area contributed by atoms with E-state index < -0.39 is 0 Å². The zero-order valence-electron chi connectivity index (χ0n) is 13.6. The van der Waals surface area contributed by atoms with Gasteiger partial charge in [0.25, 0.3) is 0 Å². The Morgan fingerprint density at radius 3 is 2.57 bits per heavy atom. The third-order valence-electron chi connectivity index (χ3n) is 3.05. The molecule has 0 aromatic heterocycles. The van der Waals surface area contributed by atoms with E-state index in [0.29, 0.717) is 29.7 Å². The van der Waals surface area contributed by atoms with E-state index in [9.17, 15) is 0 Å². The molecule has 0 fully saturated rings. The number of benzene rings is 2. The van der Waals surface area contributed by atoms with Crippen LogP contribution in [0.1, 0.15) is 18.1 Å². The second-order valence-corrected chi connectivity index (χ2v) is 5.52. The van der Waals surface area contributed by atoms with E-state index in [4.69, 9.17) is 21.1 Å². The number of rotatable bonds is 7. The molecule has 0 saturated carbocycles. The largest absolute Gasteiger partial charge is 0.490 e. The number of ether oxygens (including phenoxy) is 2. The average molecular weight is 333 g/mol. The summed E-state index contributed by atoms with van der Waals surface area (Å²) in [4.78, 5) is 0. The van der Waals surface area contributed by atoms with Crippen LogP contribution >= 0.6 is 11.6 Å². The van der Waals surface area contributed by atoms with Gasteiger partial charge >= 0.3 is 0 Å². The lowest BCUT2D eigenvalue weighted by Crippen LogP contribution is -2.03. The summed E-state index contributed by atoms with van der Waals surface area (Å²) in [7, 11) is 3.75. The number of nitrogens with zero attached hydrogens (tertiary/aromatic N) is 2. The van der Waals surface area contributed by atoms with Crippen LogP contribution in [-0.4, -0.2) is 31.9 Å². The minimum Gasteiger partial charge on any atom is -0.490 e. The minimum absolute atomic E-state index is 0.394. The molecule has 0 aliphatic rings. The van der Waals surface area contributed by atoms with Crippen molar-refractivity contribution in [3.05, 3.63) is 58.6 Å². The van der Waals surface area contributed by atoms with Gasteiger partial charge in [-0.1, -0.05) is 29.8 Å². The zero-order chi connectivity index (χ0) is 16.7. The fourth-order valence-electron chi connectivity index (χ4n) is 1.95. The van der Waals surface area contributed by atoms with Gasteiger partial charge in [0.15, 0.2) is 11.5 Å². The molecule has 0 spiro atoms. The van der Waals surface area contributed by atoms with Crippen molar-refractivity contribution in [1.29, 1.82) is 0 Å². The van der Waals surface area contributed by atoms with Crippen LogP contribution < -0.4 is 9.47 Å². The Kier molecular flexibility index (Phi) is 6.29. The van der Waals surface area contributed by atoms with Crippen molar-refractivity contribution in [2.24, 2.45) is 5.10 Å². The van der Waals surface area contributed by atoms with Gasteiger partial charge in [-0.15, -0.1) is 0 Å². The van der Waals surface area contributed by atoms with Crippen molar-refractivity contribution in [3.8, 4) is 11.5 Å². The van der Waals surface area contributed by atoms with E-state index in [2.05, 4.69) is 5.10 Å². The average Bonchev–Trinajstić information content (AvgIpc) is 2.53. The SMILES string of the molecule is CCOc1cc(/C=N/N(C)C)ccc1OCc1ccccc1Cl. The highest BCUT2D eigenvalue weighted by molar-refractivity contribution is 6.31. The van der Waals surface area contributed by atoms with Gasteiger partial charge in [0.2, 0.25) is 0 Å². The molecule has 4 nitrogen and oxygen atoms in total. The van der Waals surface area contributed by atoms with E-state index in [-0.39, 0.29) is 0 Å². The van der Waals surface area contributed by atoms with Crippen molar-refractivity contribution in [1.82, 2.24) is 5.01 Å². The molecule has 122 valence electrons. The van der Waals surface area contributed by atoms with Crippen LogP contribution in [0.5, 0.6) is 11.5 Å². The lowest BCUT2D eigenvalue weighted by Gasteiger charge is -2.13. The summed E-state index contributed by atoms with van der Waals surface area (Å²) in [6, 6.07) is 13.4. The van der Waals surface area contributed by atoms with E-state index in [1.807, 2.05) is 63.5 Å². The molecule has 0 saturated heterocycles. The lowest BCUT2D eigenvalue weighted by atomic mass is 10.2. The predicted molar refractivity (Wildman–Crippen MR) is 94.7 cm³/mol. The number of hydrogen-bond acceptors (Lipinski definition) is 4. The molecule has 0 aliphatic heterocycles. The number of hydrogen-bond donors (Lipinski definition) is 0. The molecule has 0 amide bonds.